The number of carbonyl (C=O) groups is 1. The van der Waals surface area contributed by atoms with Crippen molar-refractivity contribution in [3.05, 3.63) is 23.8 Å². The van der Waals surface area contributed by atoms with E-state index >= 15 is 0 Å². The molecule has 5 nitrogen and oxygen atoms in total. The van der Waals surface area contributed by atoms with Crippen LogP contribution in [0.1, 0.15) is 25.5 Å². The Hall–Kier alpha value is -1.53. The van der Waals surface area contributed by atoms with Crippen LogP contribution in [0.4, 0.5) is 0 Å². The van der Waals surface area contributed by atoms with Crippen molar-refractivity contribution in [1.29, 1.82) is 0 Å². The highest BCUT2D eigenvalue weighted by Gasteiger charge is 2.18. The molecule has 2 rings (SSSR count). The summed E-state index contributed by atoms with van der Waals surface area (Å²) in [5.41, 5.74) is 3.04. The average molecular weight is 308 g/mol. The maximum atomic E-state index is 10.8. The van der Waals surface area contributed by atoms with Gasteiger partial charge in [0.15, 0.2) is 5.16 Å². The summed E-state index contributed by atoms with van der Waals surface area (Å²) >= 11 is 1.25. The Kier molecular flexibility index (Phi) is 5.25. The highest BCUT2D eigenvalue weighted by Crippen LogP contribution is 2.29. The number of aryl methyl sites for hydroxylation is 1. The van der Waals surface area contributed by atoms with Gasteiger partial charge in [0.2, 0.25) is 0 Å². The molecular formula is C15H20N2O3S. The highest BCUT2D eigenvalue weighted by molar-refractivity contribution is 7.99. The molecule has 0 saturated heterocycles. The Labute approximate surface area is 128 Å². The summed E-state index contributed by atoms with van der Waals surface area (Å²) in [5, 5.41) is 9.62. The second-order valence-electron chi connectivity index (χ2n) is 4.90. The zero-order valence-corrected chi connectivity index (χ0v) is 13.3. The van der Waals surface area contributed by atoms with E-state index in [9.17, 15) is 4.79 Å². The van der Waals surface area contributed by atoms with Crippen molar-refractivity contribution in [2.75, 3.05) is 19.0 Å². The number of carboxylic acids is 1. The van der Waals surface area contributed by atoms with Crippen LogP contribution in [0.15, 0.2) is 23.4 Å². The van der Waals surface area contributed by atoms with Crippen molar-refractivity contribution < 1.29 is 14.6 Å². The van der Waals surface area contributed by atoms with Crippen LogP contribution in [-0.2, 0) is 9.53 Å². The molecule has 1 aromatic heterocycles. The SMILES string of the molecule is CCOCC(C)n1c(SCC(=O)O)nc2c(C)cccc21. The normalized spacial score (nSPS) is 12.7. The molecular weight excluding hydrogens is 288 g/mol. The number of imidazole rings is 1. The quantitative estimate of drug-likeness (QED) is 0.796. The van der Waals surface area contributed by atoms with Gasteiger partial charge in [-0.25, -0.2) is 4.98 Å². The molecule has 1 aromatic carbocycles. The third kappa shape index (κ3) is 3.57. The van der Waals surface area contributed by atoms with Crippen LogP contribution < -0.4 is 0 Å². The molecule has 0 aliphatic carbocycles. The summed E-state index contributed by atoms with van der Waals surface area (Å²) in [4.78, 5) is 15.4. The number of rotatable bonds is 7. The van der Waals surface area contributed by atoms with Gasteiger partial charge in [0, 0.05) is 6.61 Å². The molecule has 1 atom stereocenters. The lowest BCUT2D eigenvalue weighted by molar-refractivity contribution is -0.133. The third-order valence-corrected chi connectivity index (χ3v) is 4.16. The van der Waals surface area contributed by atoms with Crippen LogP contribution in [0, 0.1) is 6.92 Å². The van der Waals surface area contributed by atoms with Gasteiger partial charge in [-0.3, -0.25) is 4.79 Å². The molecule has 2 aromatic rings. The highest BCUT2D eigenvalue weighted by atomic mass is 32.2. The van der Waals surface area contributed by atoms with Crippen molar-refractivity contribution in [3.8, 4) is 0 Å². The number of thioether (sulfide) groups is 1. The Bertz CT molecular complexity index is 639. The van der Waals surface area contributed by atoms with Gasteiger partial charge >= 0.3 is 5.97 Å². The third-order valence-electron chi connectivity index (χ3n) is 3.22. The summed E-state index contributed by atoms with van der Waals surface area (Å²) in [6.45, 7) is 7.27. The van der Waals surface area contributed by atoms with E-state index in [2.05, 4.69) is 16.5 Å². The number of aliphatic carboxylic acids is 1. The van der Waals surface area contributed by atoms with Crippen LogP contribution in [-0.4, -0.2) is 39.6 Å². The Morgan fingerprint density at radius 1 is 1.52 bits per heavy atom. The number of hydrogen-bond donors (Lipinski definition) is 1. The van der Waals surface area contributed by atoms with Gasteiger partial charge in [-0.15, -0.1) is 0 Å². The monoisotopic (exact) mass is 308 g/mol. The zero-order chi connectivity index (χ0) is 15.4. The van der Waals surface area contributed by atoms with Gasteiger partial charge in [0.25, 0.3) is 0 Å². The lowest BCUT2D eigenvalue weighted by atomic mass is 10.2. The van der Waals surface area contributed by atoms with Crippen molar-refractivity contribution in [3.63, 3.8) is 0 Å². The smallest absolute Gasteiger partial charge is 0.313 e. The minimum absolute atomic E-state index is 0.00369. The van der Waals surface area contributed by atoms with E-state index in [1.54, 1.807) is 0 Å². The van der Waals surface area contributed by atoms with Gasteiger partial charge in [-0.1, -0.05) is 23.9 Å². The predicted octanol–water partition coefficient (Wildman–Crippen LogP) is 3.12. The predicted molar refractivity (Wildman–Crippen MR) is 84.0 cm³/mol. The summed E-state index contributed by atoms with van der Waals surface area (Å²) in [6.07, 6.45) is 0. The maximum absolute atomic E-state index is 10.8. The minimum Gasteiger partial charge on any atom is -0.481 e. The summed E-state index contributed by atoms with van der Waals surface area (Å²) in [5.74, 6) is -0.836. The molecule has 0 spiro atoms. The second kappa shape index (κ2) is 6.95. The van der Waals surface area contributed by atoms with E-state index in [4.69, 9.17) is 9.84 Å². The molecule has 0 aliphatic rings. The largest absolute Gasteiger partial charge is 0.481 e. The number of fused-ring (bicyclic) bond motifs is 1. The molecule has 0 aliphatic heterocycles. The number of hydrogen-bond acceptors (Lipinski definition) is 4. The number of para-hydroxylation sites is 1. The van der Waals surface area contributed by atoms with Crippen molar-refractivity contribution in [2.24, 2.45) is 0 Å². The first-order valence-corrected chi connectivity index (χ1v) is 7.93. The number of ether oxygens (including phenoxy) is 1. The minimum atomic E-state index is -0.840. The summed E-state index contributed by atoms with van der Waals surface area (Å²) < 4.78 is 7.58. The van der Waals surface area contributed by atoms with Crippen LogP contribution in [0.2, 0.25) is 0 Å². The molecule has 0 radical (unpaired) electrons. The molecule has 0 fully saturated rings. The molecule has 0 amide bonds. The molecule has 0 saturated carbocycles. The van der Waals surface area contributed by atoms with Gasteiger partial charge in [0.05, 0.1) is 29.4 Å². The molecule has 21 heavy (non-hydrogen) atoms. The standard InChI is InChI=1S/C15H20N2O3S/c1-4-20-8-11(3)17-12-7-5-6-10(2)14(12)16-15(17)21-9-13(18)19/h5-7,11H,4,8-9H2,1-3H3,(H,18,19). The van der Waals surface area contributed by atoms with E-state index in [1.807, 2.05) is 32.0 Å². The molecule has 1 heterocycles. The average Bonchev–Trinajstić information content (AvgIpc) is 2.82. The van der Waals surface area contributed by atoms with Crippen molar-refractivity contribution in [2.45, 2.75) is 32.0 Å². The first kappa shape index (κ1) is 15.9. The van der Waals surface area contributed by atoms with E-state index < -0.39 is 5.97 Å². The van der Waals surface area contributed by atoms with Crippen molar-refractivity contribution >= 4 is 28.8 Å². The molecule has 1 unspecified atom stereocenters. The van der Waals surface area contributed by atoms with E-state index in [0.717, 1.165) is 21.8 Å². The molecule has 0 bridgehead atoms. The fourth-order valence-corrected chi connectivity index (χ4v) is 3.08. The topological polar surface area (TPSA) is 64.3 Å². The van der Waals surface area contributed by atoms with Crippen LogP contribution in [0.5, 0.6) is 0 Å². The van der Waals surface area contributed by atoms with Crippen LogP contribution in [0.25, 0.3) is 11.0 Å². The van der Waals surface area contributed by atoms with E-state index in [-0.39, 0.29) is 11.8 Å². The lowest BCUT2D eigenvalue weighted by Gasteiger charge is -2.17. The van der Waals surface area contributed by atoms with E-state index in [0.29, 0.717) is 13.2 Å². The number of nitrogens with zero attached hydrogens (tertiary/aromatic N) is 2. The van der Waals surface area contributed by atoms with Gasteiger partial charge in [0.1, 0.15) is 0 Å². The van der Waals surface area contributed by atoms with Gasteiger partial charge < -0.3 is 14.4 Å². The maximum Gasteiger partial charge on any atom is 0.313 e. The second-order valence-corrected chi connectivity index (χ2v) is 5.84. The lowest BCUT2D eigenvalue weighted by Crippen LogP contribution is -2.13. The fourth-order valence-electron chi connectivity index (χ4n) is 2.25. The first-order valence-electron chi connectivity index (χ1n) is 6.94. The molecule has 1 N–H and O–H groups in total. The van der Waals surface area contributed by atoms with Crippen LogP contribution >= 0.6 is 11.8 Å². The number of carboxylic acid groups (broad SMARTS) is 1. The number of aromatic nitrogens is 2. The Morgan fingerprint density at radius 3 is 2.95 bits per heavy atom. The van der Waals surface area contributed by atoms with Gasteiger partial charge in [-0.2, -0.15) is 0 Å². The first-order chi connectivity index (χ1) is 10.0. The number of benzene rings is 1. The summed E-state index contributed by atoms with van der Waals surface area (Å²) in [6, 6.07) is 6.13. The molecule has 6 heteroatoms. The zero-order valence-electron chi connectivity index (χ0n) is 12.5. The van der Waals surface area contributed by atoms with Gasteiger partial charge in [-0.05, 0) is 32.4 Å². The molecule has 114 valence electrons. The Morgan fingerprint density at radius 2 is 2.29 bits per heavy atom. The summed E-state index contributed by atoms with van der Waals surface area (Å²) in [7, 11) is 0. The van der Waals surface area contributed by atoms with Crippen LogP contribution in [0.3, 0.4) is 0 Å². The Balaban J connectivity index is 2.44. The fraction of sp³-hybridized carbons (Fsp3) is 0.467. The van der Waals surface area contributed by atoms with E-state index in [1.165, 1.54) is 11.8 Å². The van der Waals surface area contributed by atoms with Crippen molar-refractivity contribution in [1.82, 2.24) is 9.55 Å².